The summed E-state index contributed by atoms with van der Waals surface area (Å²) in [5, 5.41) is 2.67. The molecule has 0 spiro atoms. The molecule has 1 atom stereocenters. The van der Waals surface area contributed by atoms with Gasteiger partial charge in [0, 0.05) is 5.69 Å². The molecule has 28 heavy (non-hydrogen) atoms. The molecule has 0 aliphatic rings. The minimum Gasteiger partial charge on any atom is -0.454 e. The summed E-state index contributed by atoms with van der Waals surface area (Å²) >= 11 is 0. The highest BCUT2D eigenvalue weighted by Gasteiger charge is 2.23. The number of carbonyl (C=O) groups is 2. The summed E-state index contributed by atoms with van der Waals surface area (Å²) < 4.78 is 31.8. The lowest BCUT2D eigenvalue weighted by Crippen LogP contribution is -2.40. The van der Waals surface area contributed by atoms with Gasteiger partial charge in [0.2, 0.25) is 10.0 Å². The molecule has 0 saturated heterocycles. The number of sulfonamides is 1. The lowest BCUT2D eigenvalue weighted by molar-refractivity contribution is -0.148. The lowest BCUT2D eigenvalue weighted by atomic mass is 10.1. The molecule has 8 heteroatoms. The van der Waals surface area contributed by atoms with Crippen molar-refractivity contribution in [2.45, 2.75) is 38.6 Å². The monoisotopic (exact) mass is 404 g/mol. The first kappa shape index (κ1) is 21.6. The maximum Gasteiger partial charge on any atom is 0.324 e. The SMILES string of the molecule is Cc1ccc(S(=O)(=O)N[C@@H](C)C(=O)OCC(=O)Nc2cc(C)ccc2C)cc1. The zero-order valence-corrected chi connectivity index (χ0v) is 17.1. The van der Waals surface area contributed by atoms with Crippen molar-refractivity contribution in [3.8, 4) is 0 Å². The first-order valence-electron chi connectivity index (χ1n) is 8.71. The second-order valence-electron chi connectivity index (χ2n) is 6.63. The van der Waals surface area contributed by atoms with Crippen molar-refractivity contribution < 1.29 is 22.7 Å². The van der Waals surface area contributed by atoms with Gasteiger partial charge < -0.3 is 10.1 Å². The number of hydrogen-bond donors (Lipinski definition) is 2. The van der Waals surface area contributed by atoms with Crippen molar-refractivity contribution in [3.63, 3.8) is 0 Å². The van der Waals surface area contributed by atoms with Crippen LogP contribution in [0.2, 0.25) is 0 Å². The molecule has 0 aromatic heterocycles. The number of hydrogen-bond acceptors (Lipinski definition) is 5. The molecular weight excluding hydrogens is 380 g/mol. The van der Waals surface area contributed by atoms with Crippen LogP contribution < -0.4 is 10.0 Å². The molecule has 0 heterocycles. The maximum atomic E-state index is 12.3. The summed E-state index contributed by atoms with van der Waals surface area (Å²) in [6.07, 6.45) is 0. The fraction of sp³-hybridized carbons (Fsp3) is 0.300. The molecule has 0 bridgehead atoms. The van der Waals surface area contributed by atoms with Gasteiger partial charge >= 0.3 is 5.97 Å². The van der Waals surface area contributed by atoms with Crippen LogP contribution in [0, 0.1) is 20.8 Å². The quantitative estimate of drug-likeness (QED) is 0.690. The first-order valence-corrected chi connectivity index (χ1v) is 10.2. The Kier molecular flexibility index (Phi) is 6.93. The summed E-state index contributed by atoms with van der Waals surface area (Å²) in [6.45, 7) is 6.44. The van der Waals surface area contributed by atoms with Gasteiger partial charge in [0.15, 0.2) is 6.61 Å². The highest BCUT2D eigenvalue weighted by atomic mass is 32.2. The van der Waals surface area contributed by atoms with Crippen LogP contribution >= 0.6 is 0 Å². The van der Waals surface area contributed by atoms with E-state index in [2.05, 4.69) is 10.0 Å². The standard InChI is InChI=1S/C20H24N2O5S/c1-13-6-9-17(10-7-13)28(25,26)22-16(4)20(24)27-12-19(23)21-18-11-14(2)5-8-15(18)3/h5-11,16,22H,12H2,1-4H3,(H,21,23)/t16-/m0/s1. The molecule has 0 aliphatic carbocycles. The average Bonchev–Trinajstić information content (AvgIpc) is 2.62. The maximum absolute atomic E-state index is 12.3. The van der Waals surface area contributed by atoms with Crippen LogP contribution in [0.5, 0.6) is 0 Å². The van der Waals surface area contributed by atoms with Gasteiger partial charge in [0.05, 0.1) is 4.90 Å². The fourth-order valence-corrected chi connectivity index (χ4v) is 3.58. The van der Waals surface area contributed by atoms with Crippen molar-refractivity contribution >= 4 is 27.6 Å². The third kappa shape index (κ3) is 5.90. The zero-order valence-electron chi connectivity index (χ0n) is 16.3. The van der Waals surface area contributed by atoms with Gasteiger partial charge in [0.25, 0.3) is 5.91 Å². The van der Waals surface area contributed by atoms with Crippen molar-refractivity contribution in [2.24, 2.45) is 0 Å². The number of rotatable bonds is 7. The highest BCUT2D eigenvalue weighted by molar-refractivity contribution is 7.89. The summed E-state index contributed by atoms with van der Waals surface area (Å²) in [7, 11) is -3.87. The lowest BCUT2D eigenvalue weighted by Gasteiger charge is -2.14. The van der Waals surface area contributed by atoms with E-state index >= 15 is 0 Å². The molecule has 2 N–H and O–H groups in total. The van der Waals surface area contributed by atoms with Gasteiger partial charge in [-0.1, -0.05) is 29.8 Å². The minimum absolute atomic E-state index is 0.0467. The predicted molar refractivity (Wildman–Crippen MR) is 106 cm³/mol. The number of ether oxygens (including phenoxy) is 1. The normalized spacial score (nSPS) is 12.3. The Hall–Kier alpha value is -2.71. The summed E-state index contributed by atoms with van der Waals surface area (Å²) in [5.41, 5.74) is 3.41. The number of esters is 1. The number of amides is 1. The number of carbonyl (C=O) groups excluding carboxylic acids is 2. The molecule has 1 amide bonds. The van der Waals surface area contributed by atoms with Crippen LogP contribution in [0.1, 0.15) is 23.6 Å². The minimum atomic E-state index is -3.87. The van der Waals surface area contributed by atoms with E-state index in [0.29, 0.717) is 5.69 Å². The van der Waals surface area contributed by atoms with E-state index in [-0.39, 0.29) is 4.90 Å². The zero-order chi connectivity index (χ0) is 20.9. The van der Waals surface area contributed by atoms with Crippen molar-refractivity contribution in [2.75, 3.05) is 11.9 Å². The van der Waals surface area contributed by atoms with E-state index in [1.165, 1.54) is 19.1 Å². The molecule has 2 aromatic rings. The van der Waals surface area contributed by atoms with Gasteiger partial charge in [-0.15, -0.1) is 0 Å². The van der Waals surface area contributed by atoms with E-state index in [4.69, 9.17) is 4.74 Å². The van der Waals surface area contributed by atoms with E-state index in [1.807, 2.05) is 39.0 Å². The molecule has 0 saturated carbocycles. The molecule has 2 rings (SSSR count). The summed E-state index contributed by atoms with van der Waals surface area (Å²) in [5.74, 6) is -1.34. The van der Waals surface area contributed by atoms with Crippen LogP contribution in [0.15, 0.2) is 47.4 Å². The van der Waals surface area contributed by atoms with Crippen LogP contribution in [-0.2, 0) is 24.3 Å². The molecule has 0 radical (unpaired) electrons. The second kappa shape index (κ2) is 8.99. The Morgan fingerprint density at radius 2 is 1.61 bits per heavy atom. The summed E-state index contributed by atoms with van der Waals surface area (Å²) in [6, 6.07) is 10.7. The van der Waals surface area contributed by atoms with Crippen molar-refractivity contribution in [1.29, 1.82) is 0 Å². The summed E-state index contributed by atoms with van der Waals surface area (Å²) in [4.78, 5) is 24.1. The predicted octanol–water partition coefficient (Wildman–Crippen LogP) is 2.46. The van der Waals surface area contributed by atoms with Gasteiger partial charge in [0.1, 0.15) is 6.04 Å². The van der Waals surface area contributed by atoms with Gasteiger partial charge in [-0.2, -0.15) is 4.72 Å². The van der Waals surface area contributed by atoms with Gasteiger partial charge in [-0.3, -0.25) is 9.59 Å². The average molecular weight is 404 g/mol. The topological polar surface area (TPSA) is 102 Å². The Morgan fingerprint density at radius 3 is 2.25 bits per heavy atom. The Labute approximate surface area is 165 Å². The second-order valence-corrected chi connectivity index (χ2v) is 8.34. The number of nitrogens with one attached hydrogen (secondary N) is 2. The van der Waals surface area contributed by atoms with E-state index in [9.17, 15) is 18.0 Å². The fourth-order valence-electron chi connectivity index (χ4n) is 2.38. The molecule has 0 aliphatic heterocycles. The number of aryl methyl sites for hydroxylation is 3. The van der Waals surface area contributed by atoms with E-state index in [1.54, 1.807) is 12.1 Å². The van der Waals surface area contributed by atoms with Gasteiger partial charge in [-0.25, -0.2) is 8.42 Å². The van der Waals surface area contributed by atoms with Crippen molar-refractivity contribution in [1.82, 2.24) is 4.72 Å². The molecule has 0 fully saturated rings. The largest absolute Gasteiger partial charge is 0.454 e. The number of benzene rings is 2. The van der Waals surface area contributed by atoms with E-state index < -0.39 is 34.5 Å². The molecule has 150 valence electrons. The Morgan fingerprint density at radius 1 is 1.00 bits per heavy atom. The molecule has 7 nitrogen and oxygen atoms in total. The smallest absolute Gasteiger partial charge is 0.324 e. The first-order chi connectivity index (χ1) is 13.1. The molecule has 0 unspecified atom stereocenters. The van der Waals surface area contributed by atoms with E-state index in [0.717, 1.165) is 16.7 Å². The third-order valence-corrected chi connectivity index (χ3v) is 5.59. The highest BCUT2D eigenvalue weighted by Crippen LogP contribution is 2.16. The number of anilines is 1. The van der Waals surface area contributed by atoms with Crippen LogP contribution in [0.4, 0.5) is 5.69 Å². The Balaban J connectivity index is 1.90. The molecule has 2 aromatic carbocycles. The third-order valence-electron chi connectivity index (χ3n) is 4.03. The van der Waals surface area contributed by atoms with Crippen LogP contribution in [0.3, 0.4) is 0 Å². The van der Waals surface area contributed by atoms with Crippen LogP contribution in [-0.4, -0.2) is 32.9 Å². The molecular formula is C20H24N2O5S. The van der Waals surface area contributed by atoms with Crippen LogP contribution in [0.25, 0.3) is 0 Å². The van der Waals surface area contributed by atoms with Crippen molar-refractivity contribution in [3.05, 3.63) is 59.2 Å². The van der Waals surface area contributed by atoms with Gasteiger partial charge in [-0.05, 0) is 57.0 Å². The Bertz CT molecular complexity index is 969.